The second-order valence-electron chi connectivity index (χ2n) is 7.71. The van der Waals surface area contributed by atoms with E-state index in [4.69, 9.17) is 0 Å². The molecular formula is C29H36O. The number of para-hydroxylation sites is 1. The number of benzene rings is 3. The van der Waals surface area contributed by atoms with Gasteiger partial charge < -0.3 is 5.11 Å². The van der Waals surface area contributed by atoms with Crippen LogP contribution in [0.25, 0.3) is 5.57 Å². The molecule has 30 heavy (non-hydrogen) atoms. The van der Waals surface area contributed by atoms with Crippen LogP contribution in [-0.4, -0.2) is 5.11 Å². The van der Waals surface area contributed by atoms with E-state index in [1.54, 1.807) is 6.07 Å². The first-order chi connectivity index (χ1) is 14.7. The highest BCUT2D eigenvalue weighted by Crippen LogP contribution is 2.20. The first-order valence-corrected chi connectivity index (χ1v) is 11.3. The molecule has 3 aromatic carbocycles. The van der Waals surface area contributed by atoms with E-state index in [-0.39, 0.29) is 0 Å². The summed E-state index contributed by atoms with van der Waals surface area (Å²) >= 11 is 0. The smallest absolute Gasteiger partial charge is 0.118 e. The Labute approximate surface area is 183 Å². The summed E-state index contributed by atoms with van der Waals surface area (Å²) in [5.41, 5.74) is 4.53. The molecule has 3 aromatic rings. The Morgan fingerprint density at radius 2 is 1.10 bits per heavy atom. The predicted molar refractivity (Wildman–Crippen MR) is 131 cm³/mol. The van der Waals surface area contributed by atoms with Crippen molar-refractivity contribution in [3.8, 4) is 5.75 Å². The molecule has 0 atom stereocenters. The second kappa shape index (κ2) is 14.2. The minimum Gasteiger partial charge on any atom is -0.508 e. The molecule has 3 rings (SSSR count). The first-order valence-electron chi connectivity index (χ1n) is 11.3. The van der Waals surface area contributed by atoms with E-state index in [9.17, 15) is 5.11 Å². The van der Waals surface area contributed by atoms with Crippen LogP contribution in [-0.2, 0) is 6.42 Å². The highest BCUT2D eigenvalue weighted by Gasteiger charge is 2.00. The molecule has 0 saturated carbocycles. The molecule has 0 bridgehead atoms. The number of hydrogen-bond donors (Lipinski definition) is 1. The summed E-state index contributed by atoms with van der Waals surface area (Å²) in [6, 6.07) is 28.1. The molecule has 0 unspecified atom stereocenters. The molecule has 0 aliphatic carbocycles. The summed E-state index contributed by atoms with van der Waals surface area (Å²) in [4.78, 5) is 0. The van der Waals surface area contributed by atoms with Crippen molar-refractivity contribution >= 4 is 5.57 Å². The Hall–Kier alpha value is -2.80. The number of unbranched alkanes of at least 4 members (excludes halogenated alkanes) is 6. The number of aryl methyl sites for hydroxylation is 1. The number of phenols is 1. The molecule has 1 nitrogen and oxygen atoms in total. The zero-order chi connectivity index (χ0) is 21.4. The fourth-order valence-electron chi connectivity index (χ4n) is 3.44. The standard InChI is InChI=1S/C15H24O.C14H12/c1-2-3-4-5-6-7-8-11-14-12-9-10-13-15(14)16;1-12(13-8-4-2-5-9-13)14-10-6-3-7-11-14/h9-10,12-13,16H,2-8,11H2,1H3;2-11H,1H2. The van der Waals surface area contributed by atoms with Crippen LogP contribution in [0, 0.1) is 0 Å². The van der Waals surface area contributed by atoms with Gasteiger partial charge >= 0.3 is 0 Å². The number of hydrogen-bond acceptors (Lipinski definition) is 1. The van der Waals surface area contributed by atoms with Gasteiger partial charge in [0.25, 0.3) is 0 Å². The van der Waals surface area contributed by atoms with Crippen molar-refractivity contribution in [3.63, 3.8) is 0 Å². The average Bonchev–Trinajstić information content (AvgIpc) is 2.81. The molecule has 0 aliphatic heterocycles. The van der Waals surface area contributed by atoms with Crippen LogP contribution >= 0.6 is 0 Å². The van der Waals surface area contributed by atoms with Gasteiger partial charge in [0.05, 0.1) is 0 Å². The van der Waals surface area contributed by atoms with Gasteiger partial charge in [-0.2, -0.15) is 0 Å². The lowest BCUT2D eigenvalue weighted by Gasteiger charge is -2.04. The maximum Gasteiger partial charge on any atom is 0.118 e. The molecule has 0 aromatic heterocycles. The summed E-state index contributed by atoms with van der Waals surface area (Å²) in [5, 5.41) is 9.58. The van der Waals surface area contributed by atoms with Crippen molar-refractivity contribution in [3.05, 3.63) is 108 Å². The van der Waals surface area contributed by atoms with Gasteiger partial charge in [-0.3, -0.25) is 0 Å². The van der Waals surface area contributed by atoms with E-state index in [2.05, 4.69) is 37.8 Å². The van der Waals surface area contributed by atoms with Crippen LogP contribution in [0.4, 0.5) is 0 Å². The monoisotopic (exact) mass is 400 g/mol. The Morgan fingerprint density at radius 3 is 1.63 bits per heavy atom. The quantitative estimate of drug-likeness (QED) is 0.338. The zero-order valence-electron chi connectivity index (χ0n) is 18.4. The van der Waals surface area contributed by atoms with Crippen LogP contribution in [0.2, 0.25) is 0 Å². The first kappa shape index (κ1) is 23.5. The Kier molecular flexibility index (Phi) is 11.1. The van der Waals surface area contributed by atoms with Gasteiger partial charge in [-0.15, -0.1) is 0 Å². The largest absolute Gasteiger partial charge is 0.508 e. The predicted octanol–water partition coefficient (Wildman–Crippen LogP) is 8.43. The molecular weight excluding hydrogens is 364 g/mol. The van der Waals surface area contributed by atoms with Gasteiger partial charge in [-0.25, -0.2) is 0 Å². The van der Waals surface area contributed by atoms with E-state index in [0.29, 0.717) is 5.75 Å². The van der Waals surface area contributed by atoms with Gasteiger partial charge in [0, 0.05) is 0 Å². The fraction of sp³-hybridized carbons (Fsp3) is 0.310. The zero-order valence-corrected chi connectivity index (χ0v) is 18.4. The van der Waals surface area contributed by atoms with E-state index in [1.165, 1.54) is 56.1 Å². The van der Waals surface area contributed by atoms with Crippen LogP contribution < -0.4 is 0 Å². The summed E-state index contributed by atoms with van der Waals surface area (Å²) in [6.07, 6.45) is 10.3. The van der Waals surface area contributed by atoms with E-state index in [1.807, 2.05) is 54.6 Å². The van der Waals surface area contributed by atoms with Gasteiger partial charge in [0.2, 0.25) is 0 Å². The van der Waals surface area contributed by atoms with Crippen molar-refractivity contribution in [2.75, 3.05) is 0 Å². The summed E-state index contributed by atoms with van der Waals surface area (Å²) in [7, 11) is 0. The molecule has 0 amide bonds. The average molecular weight is 401 g/mol. The van der Waals surface area contributed by atoms with Crippen molar-refractivity contribution in [2.24, 2.45) is 0 Å². The van der Waals surface area contributed by atoms with Crippen LogP contribution in [0.1, 0.15) is 68.6 Å². The molecule has 0 spiro atoms. The van der Waals surface area contributed by atoms with Gasteiger partial charge in [-0.1, -0.05) is 131 Å². The maximum atomic E-state index is 9.58. The van der Waals surface area contributed by atoms with Crippen molar-refractivity contribution in [1.82, 2.24) is 0 Å². The third-order valence-corrected chi connectivity index (χ3v) is 5.29. The van der Waals surface area contributed by atoms with Gasteiger partial charge in [-0.05, 0) is 41.2 Å². The topological polar surface area (TPSA) is 20.2 Å². The van der Waals surface area contributed by atoms with Crippen LogP contribution in [0.5, 0.6) is 5.75 Å². The normalized spacial score (nSPS) is 10.2. The minimum atomic E-state index is 0.452. The molecule has 1 N–H and O–H groups in total. The summed E-state index contributed by atoms with van der Waals surface area (Å²) in [6.45, 7) is 6.34. The lowest BCUT2D eigenvalue weighted by Crippen LogP contribution is -1.87. The SMILES string of the molecule is C=C(c1ccccc1)c1ccccc1.CCCCCCCCCc1ccccc1O. The highest BCUT2D eigenvalue weighted by molar-refractivity contribution is 5.77. The Morgan fingerprint density at radius 1 is 0.633 bits per heavy atom. The maximum absolute atomic E-state index is 9.58. The number of aromatic hydroxyl groups is 1. The summed E-state index contributed by atoms with van der Waals surface area (Å²) in [5.74, 6) is 0.452. The van der Waals surface area contributed by atoms with Crippen LogP contribution in [0.3, 0.4) is 0 Å². The minimum absolute atomic E-state index is 0.452. The Balaban J connectivity index is 0.000000215. The van der Waals surface area contributed by atoms with E-state index < -0.39 is 0 Å². The molecule has 0 radical (unpaired) electrons. The molecule has 158 valence electrons. The fourth-order valence-corrected chi connectivity index (χ4v) is 3.44. The molecule has 0 fully saturated rings. The van der Waals surface area contributed by atoms with Crippen molar-refractivity contribution < 1.29 is 5.11 Å². The number of rotatable bonds is 10. The van der Waals surface area contributed by atoms with Crippen molar-refractivity contribution in [2.45, 2.75) is 58.3 Å². The third-order valence-electron chi connectivity index (χ3n) is 5.29. The Bertz CT molecular complexity index is 795. The van der Waals surface area contributed by atoms with E-state index >= 15 is 0 Å². The van der Waals surface area contributed by atoms with Gasteiger partial charge in [0.1, 0.15) is 5.75 Å². The van der Waals surface area contributed by atoms with Crippen molar-refractivity contribution in [1.29, 1.82) is 0 Å². The van der Waals surface area contributed by atoms with E-state index in [0.717, 1.165) is 17.6 Å². The third kappa shape index (κ3) is 8.69. The second-order valence-corrected chi connectivity index (χ2v) is 7.71. The van der Waals surface area contributed by atoms with Crippen LogP contribution in [0.15, 0.2) is 91.5 Å². The molecule has 1 heteroatoms. The lowest BCUT2D eigenvalue weighted by atomic mass is 10.0. The highest BCUT2D eigenvalue weighted by atomic mass is 16.3. The molecule has 0 aliphatic rings. The number of phenolic OH excluding ortho intramolecular Hbond substituents is 1. The lowest BCUT2D eigenvalue weighted by molar-refractivity contribution is 0.466. The molecule has 0 saturated heterocycles. The summed E-state index contributed by atoms with van der Waals surface area (Å²) < 4.78 is 0. The molecule has 0 heterocycles. The van der Waals surface area contributed by atoms with Gasteiger partial charge in [0.15, 0.2) is 0 Å².